The Morgan fingerprint density at radius 3 is 2.50 bits per heavy atom. The van der Waals surface area contributed by atoms with E-state index in [1.165, 1.54) is 12.2 Å². The van der Waals surface area contributed by atoms with Crippen LogP contribution in [-0.4, -0.2) is 54.0 Å². The molecule has 1 fully saturated rings. The number of rotatable bonds is 4. The van der Waals surface area contributed by atoms with Gasteiger partial charge in [0.05, 0.1) is 6.19 Å². The molecule has 20 heavy (non-hydrogen) atoms. The lowest BCUT2D eigenvalue weighted by atomic mass is 9.58. The van der Waals surface area contributed by atoms with Crippen LogP contribution in [0, 0.1) is 0 Å². The summed E-state index contributed by atoms with van der Waals surface area (Å²) in [6.07, 6.45) is 0.640. The van der Waals surface area contributed by atoms with E-state index in [1.807, 2.05) is 0 Å². The van der Waals surface area contributed by atoms with Crippen LogP contribution in [0.25, 0.3) is 0 Å². The molecule has 0 aromatic carbocycles. The first kappa shape index (κ1) is 16.5. The SMILES string of the molecule is CC(C)(C)OC(=O)N1C(C(N)=O)CCC1([B]C=O)CN. The Kier molecular flexibility index (Phi) is 4.80. The largest absolute Gasteiger partial charge is 0.444 e. The highest BCUT2D eigenvalue weighted by molar-refractivity contribution is 6.70. The van der Waals surface area contributed by atoms with Crippen molar-refractivity contribution in [2.75, 3.05) is 6.54 Å². The summed E-state index contributed by atoms with van der Waals surface area (Å²) in [5, 5.41) is 0. The van der Waals surface area contributed by atoms with E-state index in [1.54, 1.807) is 20.8 Å². The van der Waals surface area contributed by atoms with Crippen molar-refractivity contribution in [1.29, 1.82) is 0 Å². The fourth-order valence-corrected chi connectivity index (χ4v) is 2.39. The Hall–Kier alpha value is -1.57. The molecule has 1 radical (unpaired) electrons. The molecular weight excluding hydrogens is 261 g/mol. The summed E-state index contributed by atoms with van der Waals surface area (Å²) < 4.78 is 5.29. The maximum absolute atomic E-state index is 12.3. The van der Waals surface area contributed by atoms with Crippen LogP contribution in [0.2, 0.25) is 0 Å². The Morgan fingerprint density at radius 2 is 2.10 bits per heavy atom. The van der Waals surface area contributed by atoms with Crippen molar-refractivity contribution in [3.8, 4) is 0 Å². The smallest absolute Gasteiger partial charge is 0.410 e. The molecule has 2 amide bonds. The van der Waals surface area contributed by atoms with E-state index < -0.39 is 29.1 Å². The fraction of sp³-hybridized carbons (Fsp3) is 0.750. The van der Waals surface area contributed by atoms with Crippen molar-refractivity contribution in [1.82, 2.24) is 4.90 Å². The van der Waals surface area contributed by atoms with E-state index >= 15 is 0 Å². The lowest BCUT2D eigenvalue weighted by molar-refractivity contribution is -0.122. The molecule has 7 nitrogen and oxygen atoms in total. The minimum absolute atomic E-state index is 0.0226. The second-order valence-corrected chi connectivity index (χ2v) is 5.92. The van der Waals surface area contributed by atoms with Crippen molar-refractivity contribution in [2.24, 2.45) is 11.5 Å². The van der Waals surface area contributed by atoms with E-state index in [0.717, 1.165) is 0 Å². The van der Waals surface area contributed by atoms with E-state index in [4.69, 9.17) is 16.2 Å². The van der Waals surface area contributed by atoms with Crippen molar-refractivity contribution in [2.45, 2.75) is 50.7 Å². The maximum Gasteiger partial charge on any atom is 0.410 e. The van der Waals surface area contributed by atoms with Crippen LogP contribution in [0.4, 0.5) is 4.79 Å². The molecule has 0 spiro atoms. The Balaban J connectivity index is 3.11. The van der Waals surface area contributed by atoms with Crippen molar-refractivity contribution < 1.29 is 19.1 Å². The van der Waals surface area contributed by atoms with Gasteiger partial charge in [0.1, 0.15) is 11.6 Å². The minimum Gasteiger partial charge on any atom is -0.444 e. The molecular formula is C12H21BN3O4. The number of amides is 2. The molecule has 1 rings (SSSR count). The summed E-state index contributed by atoms with van der Waals surface area (Å²) in [4.78, 5) is 35.9. The molecule has 0 aromatic heterocycles. The molecule has 2 unspecified atom stereocenters. The molecule has 0 aliphatic carbocycles. The molecule has 111 valence electrons. The third-order valence-electron chi connectivity index (χ3n) is 3.29. The van der Waals surface area contributed by atoms with E-state index in [9.17, 15) is 14.4 Å². The van der Waals surface area contributed by atoms with Gasteiger partial charge in [-0.15, -0.1) is 0 Å². The van der Waals surface area contributed by atoms with Gasteiger partial charge in [0.15, 0.2) is 0 Å². The van der Waals surface area contributed by atoms with Gasteiger partial charge >= 0.3 is 6.09 Å². The van der Waals surface area contributed by atoms with Gasteiger partial charge in [0.25, 0.3) is 0 Å². The first-order chi connectivity index (χ1) is 9.17. The summed E-state index contributed by atoms with van der Waals surface area (Å²) >= 11 is 0. The molecule has 8 heteroatoms. The molecule has 2 atom stereocenters. The standard InChI is InChI=1S/C12H21BN3O4/c1-11(2,3)20-10(19)16-8(9(15)18)4-5-12(16,6-14)13-7-17/h7-8H,4-6,14H2,1-3H3,(H2,15,18). The van der Waals surface area contributed by atoms with Crippen molar-refractivity contribution in [3.63, 3.8) is 0 Å². The molecule has 0 saturated carbocycles. The monoisotopic (exact) mass is 282 g/mol. The van der Waals surface area contributed by atoms with Crippen molar-refractivity contribution in [3.05, 3.63) is 0 Å². The van der Waals surface area contributed by atoms with Gasteiger partial charge in [-0.25, -0.2) is 4.79 Å². The molecule has 1 aliphatic rings. The van der Waals surface area contributed by atoms with Crippen molar-refractivity contribution >= 4 is 25.5 Å². The minimum atomic E-state index is -1.01. The van der Waals surface area contributed by atoms with Crippen LogP contribution < -0.4 is 11.5 Å². The van der Waals surface area contributed by atoms with Crippen LogP contribution in [0.5, 0.6) is 0 Å². The molecule has 4 N–H and O–H groups in total. The summed E-state index contributed by atoms with van der Waals surface area (Å²) in [7, 11) is 1.29. The summed E-state index contributed by atoms with van der Waals surface area (Å²) in [5.41, 5.74) is 9.32. The zero-order valence-corrected chi connectivity index (χ0v) is 12.1. The quantitative estimate of drug-likeness (QED) is 0.528. The fourth-order valence-electron chi connectivity index (χ4n) is 2.39. The molecule has 0 aromatic rings. The summed E-state index contributed by atoms with van der Waals surface area (Å²) in [6.45, 7) is 5.17. The Bertz CT molecular complexity index is 410. The number of ether oxygens (including phenoxy) is 1. The molecule has 1 aliphatic heterocycles. The van der Waals surface area contributed by atoms with Crippen LogP contribution in [-0.2, 0) is 14.3 Å². The first-order valence-corrected chi connectivity index (χ1v) is 6.48. The predicted octanol–water partition coefficient (Wildman–Crippen LogP) is -0.579. The van der Waals surface area contributed by atoms with Gasteiger partial charge in [0, 0.05) is 12.0 Å². The van der Waals surface area contributed by atoms with Crippen LogP contribution >= 0.6 is 0 Å². The summed E-state index contributed by atoms with van der Waals surface area (Å²) in [5.74, 6) is -0.634. The lowest BCUT2D eigenvalue weighted by Crippen LogP contribution is -2.61. The first-order valence-electron chi connectivity index (χ1n) is 6.48. The third kappa shape index (κ3) is 3.30. The highest BCUT2D eigenvalue weighted by Gasteiger charge is 2.51. The second kappa shape index (κ2) is 5.82. The highest BCUT2D eigenvalue weighted by atomic mass is 16.6. The number of nitrogens with two attached hydrogens (primary N) is 2. The Labute approximate surface area is 119 Å². The normalized spacial score (nSPS) is 26.2. The number of primary amides is 1. The molecule has 1 saturated heterocycles. The van der Waals surface area contributed by atoms with Gasteiger partial charge in [0.2, 0.25) is 13.2 Å². The Morgan fingerprint density at radius 1 is 1.50 bits per heavy atom. The van der Waals surface area contributed by atoms with Gasteiger partial charge in [-0.2, -0.15) is 0 Å². The number of carbonyl (C=O) groups is 3. The highest BCUT2D eigenvalue weighted by Crippen LogP contribution is 2.33. The average Bonchev–Trinajstić information content (AvgIpc) is 2.67. The van der Waals surface area contributed by atoms with Crippen LogP contribution in [0.3, 0.4) is 0 Å². The number of nitrogens with zero attached hydrogens (tertiary/aromatic N) is 1. The predicted molar refractivity (Wildman–Crippen MR) is 74.6 cm³/mol. The van der Waals surface area contributed by atoms with E-state index in [0.29, 0.717) is 19.0 Å². The van der Waals surface area contributed by atoms with Gasteiger partial charge in [-0.05, 0) is 33.6 Å². The maximum atomic E-state index is 12.3. The lowest BCUT2D eigenvalue weighted by Gasteiger charge is -2.39. The van der Waals surface area contributed by atoms with Crippen LogP contribution in [0.15, 0.2) is 0 Å². The molecule has 1 heterocycles. The van der Waals surface area contributed by atoms with Gasteiger partial charge in [-0.1, -0.05) is 0 Å². The topological polar surface area (TPSA) is 116 Å². The summed E-state index contributed by atoms with van der Waals surface area (Å²) in [6, 6.07) is -0.815. The zero-order chi connectivity index (χ0) is 15.6. The number of likely N-dealkylation sites (tertiary alicyclic amines) is 1. The number of hydrogen-bond donors (Lipinski definition) is 2. The number of carbonyl (C=O) groups excluding carboxylic acids is 3. The second-order valence-electron chi connectivity index (χ2n) is 5.92. The number of hydrogen-bond acceptors (Lipinski definition) is 5. The third-order valence-corrected chi connectivity index (χ3v) is 3.29. The van der Waals surface area contributed by atoms with Gasteiger partial charge in [-0.3, -0.25) is 9.69 Å². The van der Waals surface area contributed by atoms with Gasteiger partial charge < -0.3 is 21.0 Å². The zero-order valence-electron chi connectivity index (χ0n) is 12.1. The van der Waals surface area contributed by atoms with E-state index in [2.05, 4.69) is 0 Å². The van der Waals surface area contributed by atoms with Crippen LogP contribution in [0.1, 0.15) is 33.6 Å². The van der Waals surface area contributed by atoms with E-state index in [-0.39, 0.29) is 6.54 Å². The molecule has 0 bridgehead atoms. The average molecular weight is 282 g/mol.